The topological polar surface area (TPSA) is 74.6 Å². The zero-order chi connectivity index (χ0) is 34.5. The summed E-state index contributed by atoms with van der Waals surface area (Å²) in [6.07, 6.45) is 49.1. The summed E-state index contributed by atoms with van der Waals surface area (Å²) in [7, 11) is -4.67. The standard InChI is InChI=1S/C42H78.H2O4S/c1-3-5-7-9-11-13-15-17-19-21-23-25-27-29-31-33-37-41-39-35-36-40-42(41)38-34-32-30-28-26-24-22-20-18-16-14-12-10-8-6-4-2;1-5(2,3)4/h35-36,39-40H,3-34,37-38H2,1-2H3;(H2,1,2,3,4). The Kier molecular flexibility index (Phi) is 35.7. The fourth-order valence-electron chi connectivity index (χ4n) is 6.77. The quantitative estimate of drug-likeness (QED) is 0.0561. The van der Waals surface area contributed by atoms with Crippen LogP contribution in [-0.2, 0) is 23.2 Å². The Morgan fingerprint density at radius 1 is 0.362 bits per heavy atom. The molecule has 0 radical (unpaired) electrons. The minimum Gasteiger partial charge on any atom is -0.264 e. The van der Waals surface area contributed by atoms with Gasteiger partial charge in [-0.05, 0) is 36.8 Å². The maximum atomic E-state index is 8.74. The summed E-state index contributed by atoms with van der Waals surface area (Å²) in [6.45, 7) is 4.62. The first kappa shape index (κ1) is 46.1. The summed E-state index contributed by atoms with van der Waals surface area (Å²) in [5.41, 5.74) is 3.28. The van der Waals surface area contributed by atoms with Crippen molar-refractivity contribution in [3.05, 3.63) is 35.4 Å². The van der Waals surface area contributed by atoms with E-state index in [-0.39, 0.29) is 0 Å². The van der Waals surface area contributed by atoms with Crippen molar-refractivity contribution in [2.75, 3.05) is 0 Å². The summed E-state index contributed by atoms with van der Waals surface area (Å²) in [4.78, 5) is 0. The predicted molar refractivity (Wildman–Crippen MR) is 207 cm³/mol. The smallest absolute Gasteiger partial charge is 0.264 e. The van der Waals surface area contributed by atoms with Crippen LogP contribution in [0.25, 0.3) is 0 Å². The van der Waals surface area contributed by atoms with Gasteiger partial charge in [-0.15, -0.1) is 0 Å². The fraction of sp³-hybridized carbons (Fsp3) is 0.857. The average molecular weight is 681 g/mol. The van der Waals surface area contributed by atoms with Crippen molar-refractivity contribution < 1.29 is 17.5 Å². The molecule has 0 heterocycles. The van der Waals surface area contributed by atoms with E-state index in [0.29, 0.717) is 0 Å². The molecule has 5 heteroatoms. The van der Waals surface area contributed by atoms with E-state index in [1.807, 2.05) is 0 Å². The van der Waals surface area contributed by atoms with Crippen molar-refractivity contribution >= 4 is 10.4 Å². The second-order valence-corrected chi connectivity index (χ2v) is 15.2. The van der Waals surface area contributed by atoms with Crippen LogP contribution < -0.4 is 0 Å². The third-order valence-electron chi connectivity index (χ3n) is 9.72. The molecule has 4 nitrogen and oxygen atoms in total. The van der Waals surface area contributed by atoms with Gasteiger partial charge in [0.25, 0.3) is 0 Å². The van der Waals surface area contributed by atoms with Crippen molar-refractivity contribution in [1.82, 2.24) is 0 Å². The van der Waals surface area contributed by atoms with Gasteiger partial charge < -0.3 is 0 Å². The van der Waals surface area contributed by atoms with E-state index in [1.54, 1.807) is 11.1 Å². The normalized spacial score (nSPS) is 11.5. The summed E-state index contributed by atoms with van der Waals surface area (Å²) in [5, 5.41) is 0. The van der Waals surface area contributed by atoms with Crippen LogP contribution in [0.2, 0.25) is 0 Å². The van der Waals surface area contributed by atoms with E-state index >= 15 is 0 Å². The summed E-state index contributed by atoms with van der Waals surface area (Å²) >= 11 is 0. The van der Waals surface area contributed by atoms with E-state index in [1.165, 1.54) is 218 Å². The van der Waals surface area contributed by atoms with Gasteiger partial charge in [0.2, 0.25) is 0 Å². The molecule has 0 spiro atoms. The Hall–Kier alpha value is -0.910. The maximum Gasteiger partial charge on any atom is 0.394 e. The molecule has 0 saturated carbocycles. The monoisotopic (exact) mass is 681 g/mol. The fourth-order valence-corrected chi connectivity index (χ4v) is 6.77. The zero-order valence-corrected chi connectivity index (χ0v) is 32.3. The lowest BCUT2D eigenvalue weighted by Gasteiger charge is -2.10. The van der Waals surface area contributed by atoms with Gasteiger partial charge in [0.05, 0.1) is 0 Å². The largest absolute Gasteiger partial charge is 0.394 e. The molecule has 0 fully saturated rings. The highest BCUT2D eigenvalue weighted by Gasteiger charge is 2.03. The molecule has 0 aliphatic carbocycles. The third kappa shape index (κ3) is 39.4. The Morgan fingerprint density at radius 2 is 0.532 bits per heavy atom. The molecule has 0 atom stereocenters. The molecule has 1 aromatic carbocycles. The molecule has 278 valence electrons. The van der Waals surface area contributed by atoms with E-state index < -0.39 is 10.4 Å². The molecule has 2 N–H and O–H groups in total. The van der Waals surface area contributed by atoms with Crippen LogP contribution in [0.4, 0.5) is 0 Å². The molecule has 0 aliphatic rings. The number of unbranched alkanes of at least 4 members (excludes halogenated alkanes) is 30. The lowest BCUT2D eigenvalue weighted by atomic mass is 9.96. The Bertz CT molecular complexity index is 791. The van der Waals surface area contributed by atoms with Crippen LogP contribution in [0.1, 0.15) is 230 Å². The molecule has 47 heavy (non-hydrogen) atoms. The van der Waals surface area contributed by atoms with Crippen LogP contribution >= 0.6 is 0 Å². The Balaban J connectivity index is 0.00000391. The Morgan fingerprint density at radius 3 is 0.723 bits per heavy atom. The van der Waals surface area contributed by atoms with Crippen LogP contribution in [0.3, 0.4) is 0 Å². The zero-order valence-electron chi connectivity index (χ0n) is 31.5. The van der Waals surface area contributed by atoms with Gasteiger partial charge in [-0.2, -0.15) is 8.42 Å². The summed E-state index contributed by atoms with van der Waals surface area (Å²) < 4.78 is 31.6. The first-order valence-corrected chi connectivity index (χ1v) is 22.0. The maximum absolute atomic E-state index is 8.74. The number of benzene rings is 1. The van der Waals surface area contributed by atoms with E-state index in [9.17, 15) is 0 Å². The number of hydrogen-bond acceptors (Lipinski definition) is 2. The van der Waals surface area contributed by atoms with Gasteiger partial charge in [-0.25, -0.2) is 0 Å². The first-order chi connectivity index (χ1) is 22.9. The first-order valence-electron chi connectivity index (χ1n) is 20.6. The SMILES string of the molecule is CCCCCCCCCCCCCCCCCCc1ccccc1CCCCCCCCCCCCCCCCCC.O=S(=O)(O)O. The van der Waals surface area contributed by atoms with E-state index in [4.69, 9.17) is 17.5 Å². The molecule has 0 saturated heterocycles. The molecular weight excluding hydrogens is 601 g/mol. The van der Waals surface area contributed by atoms with Crippen LogP contribution in [-0.4, -0.2) is 17.5 Å². The van der Waals surface area contributed by atoms with Crippen molar-refractivity contribution in [3.8, 4) is 0 Å². The van der Waals surface area contributed by atoms with Gasteiger partial charge in [-0.3, -0.25) is 9.11 Å². The lowest BCUT2D eigenvalue weighted by Crippen LogP contribution is -1.95. The molecule has 0 unspecified atom stereocenters. The van der Waals surface area contributed by atoms with Crippen LogP contribution in [0.5, 0.6) is 0 Å². The highest BCUT2D eigenvalue weighted by molar-refractivity contribution is 7.79. The van der Waals surface area contributed by atoms with Crippen molar-refractivity contribution in [2.45, 2.75) is 232 Å². The highest BCUT2D eigenvalue weighted by Crippen LogP contribution is 2.19. The van der Waals surface area contributed by atoms with Crippen molar-refractivity contribution in [3.63, 3.8) is 0 Å². The molecular formula is C42H80O4S. The molecule has 0 bridgehead atoms. The number of aryl methyl sites for hydroxylation is 2. The van der Waals surface area contributed by atoms with E-state index in [2.05, 4.69) is 38.1 Å². The van der Waals surface area contributed by atoms with Gasteiger partial charge in [-0.1, -0.05) is 231 Å². The summed E-state index contributed by atoms with van der Waals surface area (Å²) in [5.74, 6) is 0. The summed E-state index contributed by atoms with van der Waals surface area (Å²) in [6, 6.07) is 9.35. The second kappa shape index (κ2) is 36.4. The highest BCUT2D eigenvalue weighted by atomic mass is 32.3. The van der Waals surface area contributed by atoms with Gasteiger partial charge in [0, 0.05) is 0 Å². The predicted octanol–water partition coefficient (Wildman–Crippen LogP) is 14.6. The molecule has 0 amide bonds. The van der Waals surface area contributed by atoms with Gasteiger partial charge >= 0.3 is 10.4 Å². The molecule has 0 aromatic heterocycles. The van der Waals surface area contributed by atoms with Crippen molar-refractivity contribution in [1.29, 1.82) is 0 Å². The van der Waals surface area contributed by atoms with E-state index in [0.717, 1.165) is 0 Å². The average Bonchev–Trinajstić information content (AvgIpc) is 3.04. The minimum absolute atomic E-state index is 1.30. The lowest BCUT2D eigenvalue weighted by molar-refractivity contribution is 0.381. The number of hydrogen-bond donors (Lipinski definition) is 2. The van der Waals surface area contributed by atoms with Gasteiger partial charge in [0.1, 0.15) is 0 Å². The molecule has 1 rings (SSSR count). The van der Waals surface area contributed by atoms with Crippen LogP contribution in [0, 0.1) is 0 Å². The molecule has 0 aliphatic heterocycles. The Labute approximate surface area is 294 Å². The molecule has 1 aromatic rings. The second-order valence-electron chi connectivity index (χ2n) is 14.3. The third-order valence-corrected chi connectivity index (χ3v) is 9.72. The van der Waals surface area contributed by atoms with Crippen molar-refractivity contribution in [2.24, 2.45) is 0 Å². The number of rotatable bonds is 34. The minimum atomic E-state index is -4.67. The van der Waals surface area contributed by atoms with Gasteiger partial charge in [0.15, 0.2) is 0 Å². The van der Waals surface area contributed by atoms with Crippen LogP contribution in [0.15, 0.2) is 24.3 Å².